The lowest BCUT2D eigenvalue weighted by Crippen LogP contribution is -2.26. The lowest BCUT2D eigenvalue weighted by molar-refractivity contribution is 0.801. The third-order valence-corrected chi connectivity index (χ3v) is 12.5. The summed E-state index contributed by atoms with van der Waals surface area (Å²) in [6.45, 7) is 0. The molecule has 1 heterocycles. The fourth-order valence-corrected chi connectivity index (χ4v) is 9.95. The van der Waals surface area contributed by atoms with Gasteiger partial charge in [0.2, 0.25) is 0 Å². The van der Waals surface area contributed by atoms with E-state index in [-0.39, 0.29) is 0 Å². The molecule has 1 spiro atoms. The van der Waals surface area contributed by atoms with E-state index in [1.54, 1.807) is 0 Å². The summed E-state index contributed by atoms with van der Waals surface area (Å²) in [5.74, 6) is 0.709. The lowest BCUT2D eigenvalue weighted by atomic mass is 9.69. The van der Waals surface area contributed by atoms with Gasteiger partial charge in [-0.2, -0.15) is 0 Å². The van der Waals surface area contributed by atoms with Crippen molar-refractivity contribution in [1.29, 1.82) is 0 Å². The van der Waals surface area contributed by atoms with E-state index in [0.717, 1.165) is 28.1 Å². The first-order valence-electron chi connectivity index (χ1n) is 20.3. The van der Waals surface area contributed by atoms with Crippen molar-refractivity contribution in [1.82, 2.24) is 9.97 Å². The quantitative estimate of drug-likeness (QED) is 0.175. The summed E-state index contributed by atoms with van der Waals surface area (Å²) < 4.78 is 0. The summed E-state index contributed by atoms with van der Waals surface area (Å²) in [5, 5.41) is 2.54. The molecule has 2 aliphatic rings. The van der Waals surface area contributed by atoms with Gasteiger partial charge in [-0.25, -0.2) is 9.97 Å². The Labute approximate surface area is 343 Å². The fourth-order valence-electron chi connectivity index (χ4n) is 9.95. The Morgan fingerprint density at radius 1 is 0.305 bits per heavy atom. The highest BCUT2D eigenvalue weighted by atomic mass is 14.9. The number of rotatable bonds is 5. The molecule has 10 aromatic rings. The van der Waals surface area contributed by atoms with Crippen LogP contribution in [-0.2, 0) is 5.41 Å². The first-order valence-corrected chi connectivity index (χ1v) is 20.3. The van der Waals surface area contributed by atoms with E-state index < -0.39 is 5.41 Å². The molecule has 59 heavy (non-hydrogen) atoms. The highest BCUT2D eigenvalue weighted by Gasteiger charge is 2.52. The summed E-state index contributed by atoms with van der Waals surface area (Å²) in [5.41, 5.74) is 19.9. The highest BCUT2D eigenvalue weighted by Crippen LogP contribution is 2.65. The monoisotopic (exact) mass is 748 g/mol. The van der Waals surface area contributed by atoms with Crippen LogP contribution in [0, 0.1) is 0 Å². The normalized spacial score (nSPS) is 12.9. The van der Waals surface area contributed by atoms with Crippen molar-refractivity contribution in [2.75, 3.05) is 0 Å². The van der Waals surface area contributed by atoms with Crippen LogP contribution in [0.25, 0.3) is 89.2 Å². The van der Waals surface area contributed by atoms with Crippen molar-refractivity contribution >= 4 is 10.8 Å². The van der Waals surface area contributed by atoms with Gasteiger partial charge >= 0.3 is 0 Å². The summed E-state index contributed by atoms with van der Waals surface area (Å²) in [4.78, 5) is 10.3. The van der Waals surface area contributed by atoms with Crippen LogP contribution in [0.4, 0.5) is 0 Å². The fraction of sp³-hybridized carbons (Fsp3) is 0.0175. The van der Waals surface area contributed by atoms with E-state index in [2.05, 4.69) is 200 Å². The van der Waals surface area contributed by atoms with Gasteiger partial charge in [0, 0.05) is 16.7 Å². The minimum Gasteiger partial charge on any atom is -0.228 e. The average Bonchev–Trinajstić information content (AvgIpc) is 3.80. The van der Waals surface area contributed by atoms with Gasteiger partial charge in [0.1, 0.15) is 0 Å². The van der Waals surface area contributed by atoms with Gasteiger partial charge in [-0.1, -0.05) is 206 Å². The SMILES string of the molecule is c1ccc(-c2ccc(-c3cc(-c4ccc(-c5cc6ccccc6c6c5-c5ccccc5C65c6ccccc6-c6ccccc65)cc4)nc(-c4ccccc4)n3)cc2)cc1. The molecule has 0 amide bonds. The minimum absolute atomic E-state index is 0.431. The van der Waals surface area contributed by atoms with Crippen LogP contribution < -0.4 is 0 Å². The lowest BCUT2D eigenvalue weighted by Gasteiger charge is -2.31. The molecule has 0 bridgehead atoms. The second kappa shape index (κ2) is 13.2. The molecule has 2 nitrogen and oxygen atoms in total. The van der Waals surface area contributed by atoms with Crippen molar-refractivity contribution in [3.05, 3.63) is 241 Å². The maximum atomic E-state index is 5.18. The average molecular weight is 749 g/mol. The van der Waals surface area contributed by atoms with Gasteiger partial charge in [0.25, 0.3) is 0 Å². The van der Waals surface area contributed by atoms with E-state index in [1.807, 2.05) is 18.2 Å². The molecule has 12 rings (SSSR count). The number of benzene rings is 9. The van der Waals surface area contributed by atoms with Crippen LogP contribution in [0.5, 0.6) is 0 Å². The van der Waals surface area contributed by atoms with Gasteiger partial charge in [-0.15, -0.1) is 0 Å². The first kappa shape index (κ1) is 33.5. The zero-order valence-corrected chi connectivity index (χ0v) is 32.2. The van der Waals surface area contributed by atoms with Gasteiger partial charge in [0.05, 0.1) is 16.8 Å². The Balaban J connectivity index is 1.03. The summed E-state index contributed by atoms with van der Waals surface area (Å²) >= 11 is 0. The van der Waals surface area contributed by atoms with Gasteiger partial charge in [0.15, 0.2) is 5.82 Å². The molecule has 0 saturated carbocycles. The molecule has 0 saturated heterocycles. The highest BCUT2D eigenvalue weighted by molar-refractivity contribution is 6.09. The van der Waals surface area contributed by atoms with Gasteiger partial charge in [-0.05, 0) is 89.7 Å². The first-order chi connectivity index (χ1) is 29.3. The molecule has 1 aromatic heterocycles. The molecule has 0 N–H and O–H groups in total. The predicted molar refractivity (Wildman–Crippen MR) is 243 cm³/mol. The second-order valence-corrected chi connectivity index (χ2v) is 15.6. The van der Waals surface area contributed by atoms with Gasteiger partial charge < -0.3 is 0 Å². The number of aromatic nitrogens is 2. The van der Waals surface area contributed by atoms with E-state index >= 15 is 0 Å². The standard InChI is InChI=1S/C57H36N2/c1-3-15-37(16-4-1)38-27-31-40(32-28-38)52-36-53(59-56(58-52)42-17-5-2-6-18-42)41-33-29-39(30-34-41)48-35-43-19-7-8-20-44(43)55-54(48)47-23-11-14-26-51(47)57(55)49-24-12-9-21-45(49)46-22-10-13-25-50(46)57/h1-36H. The van der Waals surface area contributed by atoms with Crippen LogP contribution in [0.1, 0.15) is 22.3 Å². The maximum absolute atomic E-state index is 5.18. The van der Waals surface area contributed by atoms with Crippen LogP contribution in [0.2, 0.25) is 0 Å². The topological polar surface area (TPSA) is 25.8 Å². The predicted octanol–water partition coefficient (Wildman–Crippen LogP) is 14.3. The molecule has 0 fully saturated rings. The number of hydrogen-bond donors (Lipinski definition) is 0. The molecule has 9 aromatic carbocycles. The third kappa shape index (κ3) is 5.06. The molecular formula is C57H36N2. The van der Waals surface area contributed by atoms with Crippen LogP contribution in [0.3, 0.4) is 0 Å². The van der Waals surface area contributed by atoms with Crippen LogP contribution in [0.15, 0.2) is 218 Å². The summed E-state index contributed by atoms with van der Waals surface area (Å²) in [6, 6.07) is 79.2. The molecule has 2 heteroatoms. The largest absolute Gasteiger partial charge is 0.228 e. The Hall–Kier alpha value is -7.68. The van der Waals surface area contributed by atoms with Gasteiger partial charge in [-0.3, -0.25) is 0 Å². The van der Waals surface area contributed by atoms with E-state index in [0.29, 0.717) is 5.82 Å². The smallest absolute Gasteiger partial charge is 0.160 e. The van der Waals surface area contributed by atoms with Crippen molar-refractivity contribution in [2.45, 2.75) is 5.41 Å². The Bertz CT molecular complexity index is 3190. The maximum Gasteiger partial charge on any atom is 0.160 e. The minimum atomic E-state index is -0.431. The zero-order chi connectivity index (χ0) is 38.9. The van der Waals surface area contributed by atoms with E-state index in [9.17, 15) is 0 Å². The van der Waals surface area contributed by atoms with Crippen LogP contribution in [-0.4, -0.2) is 9.97 Å². The van der Waals surface area contributed by atoms with E-state index in [4.69, 9.17) is 9.97 Å². The summed E-state index contributed by atoms with van der Waals surface area (Å²) in [7, 11) is 0. The molecule has 274 valence electrons. The van der Waals surface area contributed by atoms with E-state index in [1.165, 1.54) is 77.5 Å². The van der Waals surface area contributed by atoms with Crippen molar-refractivity contribution < 1.29 is 0 Å². The second-order valence-electron chi connectivity index (χ2n) is 15.6. The van der Waals surface area contributed by atoms with Crippen molar-refractivity contribution in [3.63, 3.8) is 0 Å². The molecule has 2 aliphatic carbocycles. The number of fused-ring (bicyclic) bond motifs is 12. The molecule has 0 radical (unpaired) electrons. The van der Waals surface area contributed by atoms with Crippen molar-refractivity contribution in [2.24, 2.45) is 0 Å². The Kier molecular flexibility index (Phi) is 7.48. The Morgan fingerprint density at radius 2 is 0.746 bits per heavy atom. The number of nitrogens with zero attached hydrogens (tertiary/aromatic N) is 2. The molecule has 0 unspecified atom stereocenters. The van der Waals surface area contributed by atoms with Crippen molar-refractivity contribution in [3.8, 4) is 78.4 Å². The third-order valence-electron chi connectivity index (χ3n) is 12.5. The molecule has 0 aliphatic heterocycles. The molecular weight excluding hydrogens is 713 g/mol. The zero-order valence-electron chi connectivity index (χ0n) is 32.2. The summed E-state index contributed by atoms with van der Waals surface area (Å²) in [6.07, 6.45) is 0. The van der Waals surface area contributed by atoms with Crippen LogP contribution >= 0.6 is 0 Å². The molecule has 0 atom stereocenters. The Morgan fingerprint density at radius 3 is 1.36 bits per heavy atom. The number of hydrogen-bond acceptors (Lipinski definition) is 2.